The molecule has 1 N–H and O–H groups in total. The third-order valence-corrected chi connectivity index (χ3v) is 4.32. The Morgan fingerprint density at radius 2 is 1.92 bits per heavy atom. The Hall–Kier alpha value is -0.343. The molecule has 0 unspecified atom stereocenters. The third-order valence-electron chi connectivity index (χ3n) is 1.95. The summed E-state index contributed by atoms with van der Waals surface area (Å²) in [6, 6.07) is 0. The van der Waals surface area contributed by atoms with Crippen molar-refractivity contribution in [2.45, 2.75) is 32.5 Å². The normalized spacial score (nSPS) is 12.3. The van der Waals surface area contributed by atoms with Gasteiger partial charge in [0, 0.05) is 0 Å². The van der Waals surface area contributed by atoms with Gasteiger partial charge in [0.05, 0.1) is 14.7 Å². The predicted octanol–water partition coefficient (Wildman–Crippen LogP) is 2.75. The maximum atomic E-state index is 8.49. The van der Waals surface area contributed by atoms with Gasteiger partial charge < -0.3 is 5.11 Å². The predicted molar refractivity (Wildman–Crippen MR) is 57.9 cm³/mol. The maximum absolute atomic E-state index is 8.49. The molecule has 0 saturated carbocycles. The minimum atomic E-state index is -1.11. The van der Waals surface area contributed by atoms with E-state index in [-0.39, 0.29) is 6.61 Å². The molecule has 0 heterocycles. The van der Waals surface area contributed by atoms with Crippen LogP contribution in [0.25, 0.3) is 0 Å². The first-order chi connectivity index (χ1) is 5.48. The minimum absolute atomic E-state index is 0.152. The Balaban J connectivity index is 3.66. The van der Waals surface area contributed by atoms with Gasteiger partial charge in [0.1, 0.15) is 0 Å². The molecule has 2 heteroatoms. The van der Waals surface area contributed by atoms with Crippen LogP contribution >= 0.6 is 0 Å². The zero-order valence-electron chi connectivity index (χ0n) is 8.43. The van der Waals surface area contributed by atoms with Crippen LogP contribution in [0.15, 0.2) is 23.9 Å². The van der Waals surface area contributed by atoms with Gasteiger partial charge in [-0.3, -0.25) is 0 Å². The monoisotopic (exact) mass is 184 g/mol. The van der Waals surface area contributed by atoms with Crippen molar-refractivity contribution in [1.82, 2.24) is 0 Å². The highest BCUT2D eigenvalue weighted by Gasteiger charge is 2.15. The molecule has 0 aliphatic carbocycles. The summed E-state index contributed by atoms with van der Waals surface area (Å²) in [5, 5.41) is 9.90. The van der Waals surface area contributed by atoms with E-state index in [4.69, 9.17) is 5.11 Å². The molecule has 70 valence electrons. The molecule has 0 aliphatic heterocycles. The van der Waals surface area contributed by atoms with Gasteiger partial charge in [0.15, 0.2) is 0 Å². The first-order valence-corrected chi connectivity index (χ1v) is 7.92. The van der Waals surface area contributed by atoms with E-state index in [0.717, 1.165) is 12.8 Å². The molecule has 0 atom stereocenters. The van der Waals surface area contributed by atoms with Crippen LogP contribution in [-0.4, -0.2) is 19.8 Å². The molecule has 0 rings (SSSR count). The van der Waals surface area contributed by atoms with Crippen LogP contribution in [0.5, 0.6) is 0 Å². The fourth-order valence-electron chi connectivity index (χ4n) is 0.825. The van der Waals surface area contributed by atoms with Gasteiger partial charge in [-0.1, -0.05) is 37.0 Å². The molecular formula is C10H20OSi. The van der Waals surface area contributed by atoms with Crippen LogP contribution in [0.1, 0.15) is 12.8 Å². The van der Waals surface area contributed by atoms with Crippen LogP contribution in [0.4, 0.5) is 0 Å². The lowest BCUT2D eigenvalue weighted by atomic mass is 10.3. The fraction of sp³-hybridized carbons (Fsp3) is 0.600. The standard InChI is InChI=1S/C10H20OSi/c1-10(12(2,3)4)8-6-5-7-9-11/h5,7,11H,1,6,8-9H2,2-4H3/b7-5-. The van der Waals surface area contributed by atoms with Gasteiger partial charge in [-0.2, -0.15) is 0 Å². The molecule has 0 radical (unpaired) electrons. The fourth-order valence-corrected chi connectivity index (χ4v) is 1.72. The van der Waals surface area contributed by atoms with Crippen molar-refractivity contribution in [2.24, 2.45) is 0 Å². The molecule has 0 fully saturated rings. The SMILES string of the molecule is C=C(CC/C=C\CO)[Si](C)(C)C. The van der Waals surface area contributed by atoms with E-state index >= 15 is 0 Å². The summed E-state index contributed by atoms with van der Waals surface area (Å²) in [5.74, 6) is 0. The second-order valence-electron chi connectivity index (χ2n) is 4.05. The lowest BCUT2D eigenvalue weighted by Crippen LogP contribution is -2.22. The molecular weight excluding hydrogens is 164 g/mol. The Bertz CT molecular complexity index is 165. The Labute approximate surface area is 76.8 Å². The smallest absolute Gasteiger partial charge is 0.0716 e. The van der Waals surface area contributed by atoms with Crippen LogP contribution < -0.4 is 0 Å². The van der Waals surface area contributed by atoms with Gasteiger partial charge in [-0.15, -0.1) is 6.58 Å². The lowest BCUT2D eigenvalue weighted by molar-refractivity contribution is 0.342. The summed E-state index contributed by atoms with van der Waals surface area (Å²) in [4.78, 5) is 0. The number of hydrogen-bond acceptors (Lipinski definition) is 1. The van der Waals surface area contributed by atoms with Crippen molar-refractivity contribution >= 4 is 8.07 Å². The summed E-state index contributed by atoms with van der Waals surface area (Å²) < 4.78 is 0. The summed E-state index contributed by atoms with van der Waals surface area (Å²) >= 11 is 0. The van der Waals surface area contributed by atoms with Crippen molar-refractivity contribution in [3.8, 4) is 0 Å². The van der Waals surface area contributed by atoms with Crippen molar-refractivity contribution in [1.29, 1.82) is 0 Å². The molecule has 0 aromatic rings. The number of aliphatic hydroxyl groups excluding tert-OH is 1. The average molecular weight is 184 g/mol. The molecule has 0 bridgehead atoms. The lowest BCUT2D eigenvalue weighted by Gasteiger charge is -2.18. The highest BCUT2D eigenvalue weighted by atomic mass is 28.3. The van der Waals surface area contributed by atoms with Crippen LogP contribution in [0, 0.1) is 0 Å². The molecule has 12 heavy (non-hydrogen) atoms. The van der Waals surface area contributed by atoms with E-state index in [1.807, 2.05) is 6.08 Å². The van der Waals surface area contributed by atoms with Gasteiger partial charge in [0.25, 0.3) is 0 Å². The van der Waals surface area contributed by atoms with Gasteiger partial charge in [-0.05, 0) is 12.8 Å². The first-order valence-electron chi connectivity index (χ1n) is 4.42. The van der Waals surface area contributed by atoms with E-state index in [1.165, 1.54) is 5.20 Å². The topological polar surface area (TPSA) is 20.2 Å². The van der Waals surface area contributed by atoms with Gasteiger partial charge in [-0.25, -0.2) is 0 Å². The number of rotatable bonds is 5. The second kappa shape index (κ2) is 5.33. The quantitative estimate of drug-likeness (QED) is 0.514. The highest BCUT2D eigenvalue weighted by Crippen LogP contribution is 2.17. The third kappa shape index (κ3) is 5.33. The van der Waals surface area contributed by atoms with Crippen LogP contribution in [0.2, 0.25) is 19.6 Å². The molecule has 0 saturated heterocycles. The number of hydrogen-bond donors (Lipinski definition) is 1. The molecule has 0 aromatic carbocycles. The molecule has 0 aromatic heterocycles. The minimum Gasteiger partial charge on any atom is -0.392 e. The van der Waals surface area contributed by atoms with Crippen molar-refractivity contribution < 1.29 is 5.11 Å². The summed E-state index contributed by atoms with van der Waals surface area (Å²) in [5.41, 5.74) is 0. The Kier molecular flexibility index (Phi) is 5.18. The molecule has 0 amide bonds. The number of allylic oxidation sites excluding steroid dienone is 2. The second-order valence-corrected chi connectivity index (χ2v) is 9.25. The summed E-state index contributed by atoms with van der Waals surface area (Å²) in [7, 11) is -1.11. The van der Waals surface area contributed by atoms with Gasteiger partial charge in [0.2, 0.25) is 0 Å². The van der Waals surface area contributed by atoms with E-state index in [9.17, 15) is 0 Å². The zero-order valence-corrected chi connectivity index (χ0v) is 9.43. The average Bonchev–Trinajstić information content (AvgIpc) is 1.96. The van der Waals surface area contributed by atoms with E-state index < -0.39 is 8.07 Å². The number of aliphatic hydroxyl groups is 1. The van der Waals surface area contributed by atoms with E-state index in [2.05, 4.69) is 26.2 Å². The molecule has 1 nitrogen and oxygen atoms in total. The highest BCUT2D eigenvalue weighted by molar-refractivity contribution is 6.82. The van der Waals surface area contributed by atoms with E-state index in [0.29, 0.717) is 0 Å². The van der Waals surface area contributed by atoms with Crippen molar-refractivity contribution in [3.63, 3.8) is 0 Å². The summed E-state index contributed by atoms with van der Waals surface area (Å²) in [6.07, 6.45) is 5.90. The van der Waals surface area contributed by atoms with Gasteiger partial charge >= 0.3 is 0 Å². The van der Waals surface area contributed by atoms with Crippen molar-refractivity contribution in [2.75, 3.05) is 6.61 Å². The largest absolute Gasteiger partial charge is 0.392 e. The molecule has 0 spiro atoms. The Morgan fingerprint density at radius 3 is 2.33 bits per heavy atom. The zero-order chi connectivity index (χ0) is 9.61. The molecule has 0 aliphatic rings. The van der Waals surface area contributed by atoms with Crippen LogP contribution in [0.3, 0.4) is 0 Å². The van der Waals surface area contributed by atoms with E-state index in [1.54, 1.807) is 6.08 Å². The maximum Gasteiger partial charge on any atom is 0.0716 e. The first kappa shape index (κ1) is 11.7. The van der Waals surface area contributed by atoms with Crippen LogP contribution in [-0.2, 0) is 0 Å². The van der Waals surface area contributed by atoms with Crippen molar-refractivity contribution in [3.05, 3.63) is 23.9 Å². The summed E-state index contributed by atoms with van der Waals surface area (Å²) in [6.45, 7) is 11.2. The Morgan fingerprint density at radius 1 is 1.33 bits per heavy atom.